The van der Waals surface area contributed by atoms with Crippen molar-refractivity contribution in [2.75, 3.05) is 36.0 Å². The number of rotatable bonds is 10. The van der Waals surface area contributed by atoms with Crippen LogP contribution in [-0.2, 0) is 26.2 Å². The van der Waals surface area contributed by atoms with E-state index in [1.54, 1.807) is 0 Å². The molecule has 10 nitrogen and oxygen atoms in total. The maximum Gasteiger partial charge on any atom is 0.421 e. The summed E-state index contributed by atoms with van der Waals surface area (Å²) in [5, 5.41) is 18.4. The van der Waals surface area contributed by atoms with Gasteiger partial charge < -0.3 is 24.7 Å². The second-order valence-electron chi connectivity index (χ2n) is 10.7. The normalized spacial score (nSPS) is 13.5. The van der Waals surface area contributed by atoms with Gasteiger partial charge >= 0.3 is 11.9 Å². The van der Waals surface area contributed by atoms with Gasteiger partial charge in [0.1, 0.15) is 11.4 Å². The highest BCUT2D eigenvalue weighted by atomic mass is 15.3. The van der Waals surface area contributed by atoms with Crippen LogP contribution in [0.3, 0.4) is 0 Å². The van der Waals surface area contributed by atoms with Gasteiger partial charge in [0.25, 0.3) is 0 Å². The molecular formula is C34H50N10. The lowest BCUT2D eigenvalue weighted by Gasteiger charge is -2.37. The Balaban J connectivity index is 0.00000264. The molecule has 0 bridgehead atoms. The number of piperazine rings is 1. The molecule has 0 spiro atoms. The van der Waals surface area contributed by atoms with Crippen LogP contribution >= 0.6 is 0 Å². The summed E-state index contributed by atoms with van der Waals surface area (Å²) >= 11 is 0. The molecule has 0 atom stereocenters. The third-order valence-corrected chi connectivity index (χ3v) is 8.11. The summed E-state index contributed by atoms with van der Waals surface area (Å²) in [4.78, 5) is 4.91. The molecule has 2 aromatic carbocycles. The van der Waals surface area contributed by atoms with E-state index in [1.807, 2.05) is 0 Å². The predicted octanol–water partition coefficient (Wildman–Crippen LogP) is 7.62. The van der Waals surface area contributed by atoms with Crippen LogP contribution in [0.1, 0.15) is 38.8 Å². The predicted molar refractivity (Wildman–Crippen MR) is 180 cm³/mol. The van der Waals surface area contributed by atoms with Crippen molar-refractivity contribution in [2.45, 2.75) is 67.7 Å². The first-order valence-corrected chi connectivity index (χ1v) is 15.2. The molecule has 1 aliphatic heterocycles. The largest absolute Gasteiger partial charge is 0.421 e. The molecule has 1 saturated heterocycles. The number of benzene rings is 2. The van der Waals surface area contributed by atoms with Crippen LogP contribution in [0.2, 0.25) is 0 Å². The van der Waals surface area contributed by atoms with Crippen LogP contribution in [0.4, 0.5) is 34.6 Å². The molecule has 44 heavy (non-hydrogen) atoms. The number of hydrogen-bond acceptors (Lipinski definition) is 6. The third-order valence-electron chi connectivity index (χ3n) is 8.11. The first-order valence-electron chi connectivity index (χ1n) is 15.2. The molecule has 0 radical (unpaired) electrons. The fraction of sp³-hybridized carbons (Fsp3) is 0.412. The van der Waals surface area contributed by atoms with Crippen molar-refractivity contribution in [1.82, 2.24) is 9.13 Å². The quantitative estimate of drug-likeness (QED) is 0.107. The van der Waals surface area contributed by atoms with Gasteiger partial charge in [0.05, 0.1) is 51.0 Å². The summed E-state index contributed by atoms with van der Waals surface area (Å²) in [6.07, 6.45) is 8.23. The van der Waals surface area contributed by atoms with Gasteiger partial charge in [-0.1, -0.05) is 10.2 Å². The van der Waals surface area contributed by atoms with E-state index in [0.29, 0.717) is 0 Å². The zero-order valence-corrected chi connectivity index (χ0v) is 27.9. The van der Waals surface area contributed by atoms with E-state index in [-0.39, 0.29) is 14.9 Å². The highest BCUT2D eigenvalue weighted by Gasteiger charge is 2.20. The van der Waals surface area contributed by atoms with E-state index in [9.17, 15) is 0 Å². The average Bonchev–Trinajstić information content (AvgIpc) is 3.62. The Kier molecular flexibility index (Phi) is 12.0. The number of aromatic nitrogens is 4. The topological polar surface area (TPSA) is 73.5 Å². The van der Waals surface area contributed by atoms with E-state index in [0.717, 1.165) is 86.8 Å². The number of azo groups is 2. The number of hydrogen-bond donors (Lipinski definition) is 0. The Morgan fingerprint density at radius 1 is 0.591 bits per heavy atom. The average molecular weight is 599 g/mol. The molecule has 0 amide bonds. The molecule has 236 valence electrons. The smallest absolute Gasteiger partial charge is 0.368 e. The Morgan fingerprint density at radius 2 is 0.977 bits per heavy atom. The number of imidazole rings is 2. The minimum atomic E-state index is 0. The van der Waals surface area contributed by atoms with Gasteiger partial charge in [0.2, 0.25) is 0 Å². The molecule has 3 heterocycles. The van der Waals surface area contributed by atoms with Crippen LogP contribution in [0.5, 0.6) is 0 Å². The number of anilines is 2. The molecule has 1 fully saturated rings. The van der Waals surface area contributed by atoms with Gasteiger partial charge in [-0.25, -0.2) is 18.3 Å². The second-order valence-corrected chi connectivity index (χ2v) is 10.7. The zero-order valence-electron chi connectivity index (χ0n) is 27.9. The lowest BCUT2D eigenvalue weighted by molar-refractivity contribution is -0.680. The molecule has 5 rings (SSSR count). The van der Waals surface area contributed by atoms with Crippen LogP contribution < -0.4 is 18.9 Å². The Morgan fingerprint density at radius 3 is 1.30 bits per heavy atom. The molecule has 0 aliphatic carbocycles. The first kappa shape index (κ1) is 34.2. The van der Waals surface area contributed by atoms with Gasteiger partial charge in [-0.3, -0.25) is 0 Å². The van der Waals surface area contributed by atoms with E-state index < -0.39 is 0 Å². The summed E-state index contributed by atoms with van der Waals surface area (Å²) < 4.78 is 8.45. The Labute approximate surface area is 264 Å². The van der Waals surface area contributed by atoms with Gasteiger partial charge in [0, 0.05) is 47.8 Å². The maximum atomic E-state index is 4.60. The summed E-state index contributed by atoms with van der Waals surface area (Å²) in [6.45, 7) is 20.0. The SMILES string of the molecule is CCn1cc[n+](CC)c1N=Nc1ccc(N2CCN(c3ccc(N=Nc4n(CC)cc[n+]4CC)c(C)c3)CC2)cc1C.[CH3-].[CH3-]. The fourth-order valence-electron chi connectivity index (χ4n) is 5.45. The summed E-state index contributed by atoms with van der Waals surface area (Å²) in [5.74, 6) is 1.75. The standard InChI is InChI=1S/C32H44N10.2CH3/c1-7-37-15-16-38(8-2)31(37)35-33-29-13-11-27(23-25(29)5)41-19-21-42(22-20-41)28-12-14-30(26(6)24-28)34-36-32-39(9-3)17-18-40(32)10-4;;/h11-18,23-24H,7-10,19-22H2,1-6H3;2*1H3/q+2;2*-1. The highest BCUT2D eigenvalue weighted by Crippen LogP contribution is 2.30. The van der Waals surface area contributed by atoms with Crippen molar-refractivity contribution in [3.8, 4) is 0 Å². The molecule has 0 unspecified atom stereocenters. The second kappa shape index (κ2) is 15.4. The van der Waals surface area contributed by atoms with Crippen molar-refractivity contribution in [3.05, 3.63) is 87.2 Å². The first-order chi connectivity index (χ1) is 20.4. The van der Waals surface area contributed by atoms with E-state index in [2.05, 4.69) is 151 Å². The molecule has 4 aromatic rings. The maximum absolute atomic E-state index is 4.60. The van der Waals surface area contributed by atoms with E-state index in [1.165, 1.54) is 11.4 Å². The molecule has 1 aliphatic rings. The lowest BCUT2D eigenvalue weighted by atomic mass is 10.1. The van der Waals surface area contributed by atoms with E-state index >= 15 is 0 Å². The van der Waals surface area contributed by atoms with Gasteiger partial charge in [0.15, 0.2) is 0 Å². The van der Waals surface area contributed by atoms with Crippen molar-refractivity contribution in [1.29, 1.82) is 0 Å². The molecule has 2 aromatic heterocycles. The number of aryl methyl sites for hydroxylation is 6. The Bertz CT molecular complexity index is 1410. The van der Waals surface area contributed by atoms with Crippen molar-refractivity contribution >= 4 is 34.6 Å². The fourth-order valence-corrected chi connectivity index (χ4v) is 5.45. The third kappa shape index (κ3) is 7.23. The van der Waals surface area contributed by atoms with Gasteiger partial charge in [-0.2, -0.15) is 0 Å². The van der Waals surface area contributed by atoms with Gasteiger partial charge in [-0.15, -0.1) is 0 Å². The minimum Gasteiger partial charge on any atom is -0.368 e. The molecular weight excluding hydrogens is 548 g/mol. The number of nitrogens with zero attached hydrogens (tertiary/aromatic N) is 10. The van der Waals surface area contributed by atoms with E-state index in [4.69, 9.17) is 0 Å². The van der Waals surface area contributed by atoms with Crippen LogP contribution in [0, 0.1) is 28.7 Å². The van der Waals surface area contributed by atoms with Crippen LogP contribution in [-0.4, -0.2) is 35.3 Å². The van der Waals surface area contributed by atoms with Gasteiger partial charge in [-0.05, 0) is 89.1 Å². The molecule has 0 saturated carbocycles. The minimum absolute atomic E-state index is 0. The zero-order chi connectivity index (χ0) is 29.6. The van der Waals surface area contributed by atoms with Crippen molar-refractivity contribution in [3.63, 3.8) is 0 Å². The van der Waals surface area contributed by atoms with Crippen molar-refractivity contribution < 1.29 is 9.13 Å². The highest BCUT2D eigenvalue weighted by molar-refractivity contribution is 5.61. The van der Waals surface area contributed by atoms with Crippen LogP contribution in [0.15, 0.2) is 81.6 Å². The van der Waals surface area contributed by atoms with Crippen LogP contribution in [0.25, 0.3) is 0 Å². The molecule has 10 heteroatoms. The summed E-state index contributed by atoms with van der Waals surface area (Å²) in [6, 6.07) is 13.0. The molecule has 0 N–H and O–H groups in total. The van der Waals surface area contributed by atoms with Crippen molar-refractivity contribution in [2.24, 2.45) is 20.5 Å². The Hall–Kier alpha value is -4.34. The summed E-state index contributed by atoms with van der Waals surface area (Å²) in [5.41, 5.74) is 6.55. The summed E-state index contributed by atoms with van der Waals surface area (Å²) in [7, 11) is 0. The monoisotopic (exact) mass is 598 g/mol. The lowest BCUT2D eigenvalue weighted by Crippen LogP contribution is -2.46.